The third-order valence-corrected chi connectivity index (χ3v) is 3.52. The number of anilines is 1. The van der Waals surface area contributed by atoms with E-state index in [0.29, 0.717) is 5.69 Å². The zero-order valence-electron chi connectivity index (χ0n) is 10.9. The predicted octanol–water partition coefficient (Wildman–Crippen LogP) is 2.76. The number of hydrogen-bond acceptors (Lipinski definition) is 4. The van der Waals surface area contributed by atoms with Gasteiger partial charge in [-0.25, -0.2) is 9.82 Å². The maximum atomic E-state index is 12.7. The topological polar surface area (TPSA) is 53.5 Å². The zero-order valence-corrected chi connectivity index (χ0v) is 11.7. The second-order valence-corrected chi connectivity index (χ2v) is 5.07. The fourth-order valence-corrected chi connectivity index (χ4v) is 2.26. The fourth-order valence-electron chi connectivity index (χ4n) is 1.47. The van der Waals surface area contributed by atoms with Crippen LogP contribution in [0, 0.1) is 12.7 Å². The number of hydrogen-bond donors (Lipinski definition) is 2. The molecule has 0 atom stereocenters. The first-order valence-electron chi connectivity index (χ1n) is 6.00. The molecule has 1 amide bonds. The molecule has 6 heteroatoms. The van der Waals surface area contributed by atoms with Crippen LogP contribution < -0.4 is 10.7 Å². The molecular formula is C14H14FN3OS. The van der Waals surface area contributed by atoms with Crippen molar-refractivity contribution in [2.24, 2.45) is 5.10 Å². The summed E-state index contributed by atoms with van der Waals surface area (Å²) in [4.78, 5) is 12.5. The van der Waals surface area contributed by atoms with Gasteiger partial charge < -0.3 is 5.32 Å². The Kier molecular flexibility index (Phi) is 4.84. The first-order valence-corrected chi connectivity index (χ1v) is 6.88. The Morgan fingerprint density at radius 1 is 1.35 bits per heavy atom. The fraction of sp³-hybridized carbons (Fsp3) is 0.143. The van der Waals surface area contributed by atoms with Gasteiger partial charge in [0.1, 0.15) is 5.82 Å². The van der Waals surface area contributed by atoms with E-state index in [9.17, 15) is 9.18 Å². The van der Waals surface area contributed by atoms with Gasteiger partial charge in [-0.15, -0.1) is 11.3 Å². The van der Waals surface area contributed by atoms with E-state index in [-0.39, 0.29) is 18.3 Å². The number of carbonyl (C=O) groups is 1. The number of aryl methyl sites for hydroxylation is 1. The van der Waals surface area contributed by atoms with Crippen LogP contribution >= 0.6 is 11.3 Å². The summed E-state index contributed by atoms with van der Waals surface area (Å²) < 4.78 is 12.7. The quantitative estimate of drug-likeness (QED) is 0.657. The molecule has 1 aromatic heterocycles. The molecule has 104 valence electrons. The molecular weight excluding hydrogens is 277 g/mol. The van der Waals surface area contributed by atoms with Crippen LogP contribution in [0.15, 0.2) is 40.8 Å². The number of benzene rings is 1. The van der Waals surface area contributed by atoms with Crippen LogP contribution in [0.25, 0.3) is 0 Å². The van der Waals surface area contributed by atoms with Gasteiger partial charge in [0.15, 0.2) is 0 Å². The smallest absolute Gasteiger partial charge is 0.259 e. The molecule has 4 nitrogen and oxygen atoms in total. The monoisotopic (exact) mass is 291 g/mol. The molecule has 0 fully saturated rings. The summed E-state index contributed by atoms with van der Waals surface area (Å²) in [6.07, 6.45) is 1.62. The highest BCUT2D eigenvalue weighted by molar-refractivity contribution is 7.11. The van der Waals surface area contributed by atoms with Crippen molar-refractivity contribution in [1.29, 1.82) is 0 Å². The Balaban J connectivity index is 1.77. The van der Waals surface area contributed by atoms with Gasteiger partial charge in [-0.05, 0) is 48.2 Å². The largest absolute Gasteiger partial charge is 0.376 e. The van der Waals surface area contributed by atoms with Gasteiger partial charge in [0.2, 0.25) is 0 Å². The van der Waals surface area contributed by atoms with Gasteiger partial charge in [0.25, 0.3) is 5.91 Å². The van der Waals surface area contributed by atoms with Crippen LogP contribution in [0.5, 0.6) is 0 Å². The van der Waals surface area contributed by atoms with E-state index in [4.69, 9.17) is 0 Å². The lowest BCUT2D eigenvalue weighted by Gasteiger charge is -2.04. The van der Waals surface area contributed by atoms with Crippen molar-refractivity contribution in [3.8, 4) is 0 Å². The van der Waals surface area contributed by atoms with Crippen LogP contribution in [0.3, 0.4) is 0 Å². The molecule has 2 N–H and O–H groups in total. The summed E-state index contributed by atoms with van der Waals surface area (Å²) in [7, 11) is 0. The van der Waals surface area contributed by atoms with Crippen molar-refractivity contribution in [3.05, 3.63) is 52.0 Å². The molecule has 0 spiro atoms. The number of halogens is 1. The van der Waals surface area contributed by atoms with Crippen LogP contribution in [-0.2, 0) is 4.79 Å². The lowest BCUT2D eigenvalue weighted by atomic mass is 10.3. The number of hydrazone groups is 1. The van der Waals surface area contributed by atoms with Crippen LogP contribution in [-0.4, -0.2) is 18.7 Å². The van der Waals surface area contributed by atoms with Gasteiger partial charge in [-0.3, -0.25) is 4.79 Å². The second kappa shape index (κ2) is 6.81. The molecule has 2 rings (SSSR count). The van der Waals surface area contributed by atoms with Crippen molar-refractivity contribution >= 4 is 29.1 Å². The van der Waals surface area contributed by atoms with E-state index in [1.807, 2.05) is 18.4 Å². The minimum Gasteiger partial charge on any atom is -0.376 e. The Bertz CT molecular complexity index is 607. The molecule has 0 saturated heterocycles. The summed E-state index contributed by atoms with van der Waals surface area (Å²) >= 11 is 1.56. The summed E-state index contributed by atoms with van der Waals surface area (Å²) in [5.74, 6) is -0.573. The highest BCUT2D eigenvalue weighted by atomic mass is 32.1. The first-order chi connectivity index (χ1) is 9.65. The normalized spacial score (nSPS) is 10.7. The minimum atomic E-state index is -0.309. The number of rotatable bonds is 5. The Labute approximate surface area is 120 Å². The molecule has 20 heavy (non-hydrogen) atoms. The molecule has 0 unspecified atom stereocenters. The van der Waals surface area contributed by atoms with Crippen LogP contribution in [0.4, 0.5) is 10.1 Å². The third kappa shape index (κ3) is 4.17. The molecule has 1 heterocycles. The number of nitrogens with zero attached hydrogens (tertiary/aromatic N) is 1. The Morgan fingerprint density at radius 3 is 2.75 bits per heavy atom. The summed E-state index contributed by atoms with van der Waals surface area (Å²) in [5.41, 5.74) is 4.23. The van der Waals surface area contributed by atoms with Crippen molar-refractivity contribution in [2.45, 2.75) is 6.92 Å². The van der Waals surface area contributed by atoms with Crippen LogP contribution in [0.2, 0.25) is 0 Å². The van der Waals surface area contributed by atoms with Gasteiger partial charge in [-0.1, -0.05) is 0 Å². The summed E-state index contributed by atoms with van der Waals surface area (Å²) in [6.45, 7) is 2.06. The number of carbonyl (C=O) groups excluding carboxylic acids is 1. The van der Waals surface area contributed by atoms with E-state index < -0.39 is 0 Å². The second-order valence-electron chi connectivity index (χ2n) is 4.12. The summed E-state index contributed by atoms with van der Waals surface area (Å²) in [5, 5.41) is 8.73. The highest BCUT2D eigenvalue weighted by Gasteiger charge is 2.00. The van der Waals surface area contributed by atoms with E-state index in [1.54, 1.807) is 29.7 Å². The Hall–Kier alpha value is -2.21. The average molecular weight is 291 g/mol. The SMILES string of the molecule is Cc1ccsc1/C=N/NC(=O)CNc1ccc(F)cc1. The molecule has 0 aliphatic carbocycles. The van der Waals surface area contributed by atoms with Crippen molar-refractivity contribution in [2.75, 3.05) is 11.9 Å². The van der Waals surface area contributed by atoms with Gasteiger partial charge in [-0.2, -0.15) is 5.10 Å². The van der Waals surface area contributed by atoms with Gasteiger partial charge in [0, 0.05) is 10.6 Å². The minimum absolute atomic E-state index is 0.0758. The van der Waals surface area contributed by atoms with Gasteiger partial charge >= 0.3 is 0 Å². The molecule has 0 aliphatic rings. The highest BCUT2D eigenvalue weighted by Crippen LogP contribution is 2.12. The standard InChI is InChI=1S/C14H14FN3OS/c1-10-6-7-20-13(10)8-17-18-14(19)9-16-12-4-2-11(15)3-5-12/h2-8,16H,9H2,1H3,(H,18,19)/b17-8+. The van der Waals surface area contributed by atoms with E-state index in [1.165, 1.54) is 12.1 Å². The number of thiophene rings is 1. The predicted molar refractivity (Wildman–Crippen MR) is 79.7 cm³/mol. The third-order valence-electron chi connectivity index (χ3n) is 2.57. The van der Waals surface area contributed by atoms with E-state index in [2.05, 4.69) is 15.8 Å². The molecule has 2 aromatic rings. The molecule has 0 saturated carbocycles. The molecule has 1 aromatic carbocycles. The van der Waals surface area contributed by atoms with Gasteiger partial charge in [0.05, 0.1) is 12.8 Å². The van der Waals surface area contributed by atoms with Crippen molar-refractivity contribution in [1.82, 2.24) is 5.43 Å². The van der Waals surface area contributed by atoms with E-state index in [0.717, 1.165) is 10.4 Å². The lowest BCUT2D eigenvalue weighted by molar-refractivity contribution is -0.119. The van der Waals surface area contributed by atoms with E-state index >= 15 is 0 Å². The maximum absolute atomic E-state index is 12.7. The summed E-state index contributed by atoms with van der Waals surface area (Å²) in [6, 6.07) is 7.79. The zero-order chi connectivity index (χ0) is 14.4. The van der Waals surface area contributed by atoms with Crippen molar-refractivity contribution in [3.63, 3.8) is 0 Å². The molecule has 0 aliphatic heterocycles. The number of amides is 1. The lowest BCUT2D eigenvalue weighted by Crippen LogP contribution is -2.25. The van der Waals surface area contributed by atoms with Crippen LogP contribution in [0.1, 0.15) is 10.4 Å². The maximum Gasteiger partial charge on any atom is 0.259 e. The average Bonchev–Trinajstić information content (AvgIpc) is 2.84. The van der Waals surface area contributed by atoms with Crippen molar-refractivity contribution < 1.29 is 9.18 Å². The Morgan fingerprint density at radius 2 is 2.10 bits per heavy atom. The molecule has 0 bridgehead atoms. The first kappa shape index (κ1) is 14.2. The molecule has 0 radical (unpaired) electrons. The number of nitrogens with one attached hydrogen (secondary N) is 2.